The molecule has 38 heavy (non-hydrogen) atoms. The summed E-state index contributed by atoms with van der Waals surface area (Å²) >= 11 is 0. The number of nitrogens with zero attached hydrogens (tertiary/aromatic N) is 4. The molecule has 2 saturated heterocycles. The highest BCUT2D eigenvalue weighted by molar-refractivity contribution is 5.78. The first-order valence-corrected chi connectivity index (χ1v) is 13.8. The third-order valence-corrected chi connectivity index (χ3v) is 8.79. The van der Waals surface area contributed by atoms with Crippen molar-refractivity contribution >= 4 is 5.65 Å². The van der Waals surface area contributed by atoms with E-state index in [1.165, 1.54) is 39.0 Å². The zero-order chi connectivity index (χ0) is 25.7. The van der Waals surface area contributed by atoms with Gasteiger partial charge in [0.25, 0.3) is 0 Å². The number of benzene rings is 2. The lowest BCUT2D eigenvalue weighted by Crippen LogP contribution is -2.58. The van der Waals surface area contributed by atoms with E-state index < -0.39 is 6.10 Å². The minimum atomic E-state index is -0.514. The summed E-state index contributed by atoms with van der Waals surface area (Å²) in [7, 11) is 0. The van der Waals surface area contributed by atoms with Crippen molar-refractivity contribution in [2.24, 2.45) is 5.41 Å². The normalized spacial score (nSPS) is 20.8. The second-order valence-electron chi connectivity index (χ2n) is 11.7. The van der Waals surface area contributed by atoms with Crippen molar-refractivity contribution in [2.45, 2.75) is 44.3 Å². The van der Waals surface area contributed by atoms with Gasteiger partial charge in [-0.1, -0.05) is 30.3 Å². The van der Waals surface area contributed by atoms with Crippen LogP contribution in [-0.4, -0.2) is 62.9 Å². The van der Waals surface area contributed by atoms with Gasteiger partial charge < -0.3 is 15.2 Å². The van der Waals surface area contributed by atoms with Crippen LogP contribution in [0.3, 0.4) is 0 Å². The highest BCUT2D eigenvalue weighted by atomic mass is 16.5. The molecular formula is C31H35N5O2. The van der Waals surface area contributed by atoms with Crippen LogP contribution in [0, 0.1) is 5.41 Å². The Hall–Kier alpha value is -3.26. The van der Waals surface area contributed by atoms with Crippen molar-refractivity contribution in [1.82, 2.24) is 24.8 Å². The van der Waals surface area contributed by atoms with Crippen LogP contribution >= 0.6 is 0 Å². The molecule has 0 radical (unpaired) electrons. The lowest BCUT2D eigenvalue weighted by Gasteiger charge is -2.48. The summed E-state index contributed by atoms with van der Waals surface area (Å²) in [6.07, 6.45) is 10.1. The number of aromatic nitrogens is 3. The van der Waals surface area contributed by atoms with Crippen molar-refractivity contribution in [3.05, 3.63) is 72.7 Å². The SMILES string of the molecule is C[C@H](O)c1cccc(-c2cnn3cc(-c4ccc(OC5(CN6CCC7(CC6)CNC7)CC5)cc4)cnc23)c1. The topological polar surface area (TPSA) is 74.9 Å². The number of rotatable bonds is 7. The van der Waals surface area contributed by atoms with Crippen LogP contribution in [0.2, 0.25) is 0 Å². The molecule has 1 saturated carbocycles. The first-order chi connectivity index (χ1) is 18.5. The van der Waals surface area contributed by atoms with E-state index in [4.69, 9.17) is 9.72 Å². The molecule has 2 aromatic carbocycles. The highest BCUT2D eigenvalue weighted by Gasteiger charge is 2.48. The summed E-state index contributed by atoms with van der Waals surface area (Å²) in [6.45, 7) is 7.62. The lowest BCUT2D eigenvalue weighted by molar-refractivity contribution is 0.0295. The maximum absolute atomic E-state index is 9.96. The van der Waals surface area contributed by atoms with Crippen LogP contribution in [0.1, 0.15) is 44.3 Å². The van der Waals surface area contributed by atoms with E-state index in [1.54, 1.807) is 6.92 Å². The average molecular weight is 510 g/mol. The molecule has 0 bridgehead atoms. The number of piperidine rings is 1. The summed E-state index contributed by atoms with van der Waals surface area (Å²) < 4.78 is 8.37. The van der Waals surface area contributed by atoms with Gasteiger partial charge in [0.05, 0.1) is 12.3 Å². The second kappa shape index (κ2) is 9.19. The van der Waals surface area contributed by atoms with E-state index in [-0.39, 0.29) is 5.60 Å². The molecule has 4 aromatic rings. The summed E-state index contributed by atoms with van der Waals surface area (Å²) in [5, 5.41) is 18.0. The molecule has 2 N–H and O–H groups in total. The van der Waals surface area contributed by atoms with Gasteiger partial charge in [0, 0.05) is 43.2 Å². The maximum Gasteiger partial charge on any atom is 0.162 e. The third-order valence-electron chi connectivity index (χ3n) is 8.79. The molecular weight excluding hydrogens is 474 g/mol. The van der Waals surface area contributed by atoms with E-state index in [0.29, 0.717) is 5.41 Å². The Kier molecular flexibility index (Phi) is 5.76. The van der Waals surface area contributed by atoms with Crippen LogP contribution in [-0.2, 0) is 0 Å². The number of nitrogens with one attached hydrogen (secondary N) is 1. The molecule has 7 nitrogen and oxygen atoms in total. The largest absolute Gasteiger partial charge is 0.486 e. The number of aliphatic hydroxyl groups excluding tert-OH is 1. The van der Waals surface area contributed by atoms with Gasteiger partial charge in [-0.3, -0.25) is 4.90 Å². The highest BCUT2D eigenvalue weighted by Crippen LogP contribution is 2.43. The zero-order valence-electron chi connectivity index (χ0n) is 21.9. The van der Waals surface area contributed by atoms with E-state index in [1.807, 2.05) is 47.4 Å². The molecule has 4 heterocycles. The van der Waals surface area contributed by atoms with Gasteiger partial charge in [0.1, 0.15) is 11.4 Å². The average Bonchev–Trinajstić information content (AvgIpc) is 3.53. The number of likely N-dealkylation sites (tertiary alicyclic amines) is 1. The molecule has 7 rings (SSSR count). The fraction of sp³-hybridized carbons (Fsp3) is 0.419. The van der Waals surface area contributed by atoms with Crippen molar-refractivity contribution in [3.8, 4) is 28.0 Å². The van der Waals surface area contributed by atoms with Crippen molar-refractivity contribution in [2.75, 3.05) is 32.7 Å². The molecule has 0 amide bonds. The number of aliphatic hydroxyl groups is 1. The van der Waals surface area contributed by atoms with Gasteiger partial charge in [0.15, 0.2) is 5.65 Å². The molecule has 1 aliphatic carbocycles. The predicted octanol–water partition coefficient (Wildman–Crippen LogP) is 4.71. The van der Waals surface area contributed by atoms with Gasteiger partial charge in [0.2, 0.25) is 0 Å². The minimum Gasteiger partial charge on any atom is -0.486 e. The fourth-order valence-corrected chi connectivity index (χ4v) is 6.02. The van der Waals surface area contributed by atoms with E-state index >= 15 is 0 Å². The Morgan fingerprint density at radius 2 is 1.76 bits per heavy atom. The standard InChI is InChI=1S/C31H35N5O2/c1-22(37)24-3-2-4-25(15-24)28-17-34-36-18-26(16-33-29(28)36)23-5-7-27(8-6-23)38-31(9-10-31)21-35-13-11-30(12-14-35)19-32-20-30/h2-8,15-18,22,32,37H,9-14,19-21H2,1H3/t22-/m0/s1. The monoisotopic (exact) mass is 509 g/mol. The first kappa shape index (κ1) is 23.8. The van der Waals surface area contributed by atoms with Crippen LogP contribution in [0.15, 0.2) is 67.1 Å². The maximum atomic E-state index is 9.96. The summed E-state index contributed by atoms with van der Waals surface area (Å²) in [5.41, 5.74) is 6.28. The zero-order valence-corrected chi connectivity index (χ0v) is 21.9. The summed E-state index contributed by atoms with van der Waals surface area (Å²) in [6, 6.07) is 16.3. The molecule has 2 aromatic heterocycles. The lowest BCUT2D eigenvalue weighted by atomic mass is 9.73. The molecule has 1 spiro atoms. The van der Waals surface area contributed by atoms with Crippen LogP contribution in [0.4, 0.5) is 0 Å². The number of ether oxygens (including phenoxy) is 1. The Morgan fingerprint density at radius 1 is 0.974 bits per heavy atom. The van der Waals surface area contributed by atoms with Gasteiger partial charge in [-0.05, 0) is 86.0 Å². The smallest absolute Gasteiger partial charge is 0.162 e. The third kappa shape index (κ3) is 4.49. The molecule has 1 atom stereocenters. The van der Waals surface area contributed by atoms with Gasteiger partial charge >= 0.3 is 0 Å². The summed E-state index contributed by atoms with van der Waals surface area (Å²) in [5.74, 6) is 0.941. The molecule has 7 heteroatoms. The molecule has 0 unspecified atom stereocenters. The number of fused-ring (bicyclic) bond motifs is 1. The van der Waals surface area contributed by atoms with E-state index in [2.05, 4.69) is 39.6 Å². The van der Waals surface area contributed by atoms with Crippen LogP contribution in [0.25, 0.3) is 27.9 Å². The van der Waals surface area contributed by atoms with E-state index in [9.17, 15) is 5.11 Å². The Labute approximate surface area is 223 Å². The van der Waals surface area contributed by atoms with Gasteiger partial charge in [-0.2, -0.15) is 5.10 Å². The Morgan fingerprint density at radius 3 is 2.45 bits per heavy atom. The number of hydrogen-bond donors (Lipinski definition) is 2. The number of hydrogen-bond acceptors (Lipinski definition) is 6. The molecule has 3 fully saturated rings. The molecule has 196 valence electrons. The molecule has 2 aliphatic heterocycles. The van der Waals surface area contributed by atoms with Crippen LogP contribution < -0.4 is 10.1 Å². The van der Waals surface area contributed by atoms with Gasteiger partial charge in [-0.15, -0.1) is 0 Å². The second-order valence-corrected chi connectivity index (χ2v) is 11.7. The summed E-state index contributed by atoms with van der Waals surface area (Å²) in [4.78, 5) is 7.36. The van der Waals surface area contributed by atoms with Crippen molar-refractivity contribution < 1.29 is 9.84 Å². The Balaban J connectivity index is 1.03. The van der Waals surface area contributed by atoms with Crippen molar-refractivity contribution in [3.63, 3.8) is 0 Å². The van der Waals surface area contributed by atoms with Gasteiger partial charge in [-0.25, -0.2) is 9.50 Å². The predicted molar refractivity (Wildman–Crippen MR) is 148 cm³/mol. The molecule has 3 aliphatic rings. The Bertz CT molecular complexity index is 1440. The first-order valence-electron chi connectivity index (χ1n) is 13.8. The minimum absolute atomic E-state index is 0.0130. The van der Waals surface area contributed by atoms with E-state index in [0.717, 1.165) is 58.6 Å². The fourth-order valence-electron chi connectivity index (χ4n) is 6.02. The van der Waals surface area contributed by atoms with Crippen molar-refractivity contribution in [1.29, 1.82) is 0 Å². The van der Waals surface area contributed by atoms with Crippen LogP contribution in [0.5, 0.6) is 5.75 Å². The quantitative estimate of drug-likeness (QED) is 0.376.